The summed E-state index contributed by atoms with van der Waals surface area (Å²) in [6.45, 7) is 2.02. The average molecular weight is 425 g/mol. The van der Waals surface area contributed by atoms with Crippen LogP contribution in [-0.4, -0.2) is 28.9 Å². The van der Waals surface area contributed by atoms with E-state index in [1.54, 1.807) is 5.06 Å². The van der Waals surface area contributed by atoms with Crippen molar-refractivity contribution in [2.24, 2.45) is 5.92 Å². The molecule has 3 fully saturated rings. The molecule has 0 N–H and O–H groups in total. The third-order valence-electron chi connectivity index (χ3n) is 6.60. The number of benzene rings is 2. The predicted octanol–water partition coefficient (Wildman–Crippen LogP) is 4.83. The van der Waals surface area contributed by atoms with Gasteiger partial charge in [-0.2, -0.15) is 0 Å². The topological polar surface area (TPSA) is 49.9 Å². The fraction of sp³-hybridized carbons (Fsp3) is 0.417. The van der Waals surface area contributed by atoms with Gasteiger partial charge >= 0.3 is 0 Å². The van der Waals surface area contributed by atoms with Gasteiger partial charge in [0.2, 0.25) is 5.91 Å². The minimum atomic E-state index is -0.804. The van der Waals surface area contributed by atoms with E-state index in [-0.39, 0.29) is 17.9 Å². The van der Waals surface area contributed by atoms with Crippen LogP contribution in [0.5, 0.6) is 0 Å². The van der Waals surface area contributed by atoms with Crippen LogP contribution in [0, 0.1) is 12.8 Å². The highest BCUT2D eigenvalue weighted by Gasteiger charge is 2.61. The lowest BCUT2D eigenvalue weighted by Gasteiger charge is -2.33. The molecule has 2 aliphatic heterocycles. The SMILES string of the molecule is Cc1ccc(N2O[C@H]3C(=O)N(C4CCCCC4)C(=O)[C@H]3[C@H]2c2ccccc2Cl)cc1. The van der Waals surface area contributed by atoms with E-state index in [2.05, 4.69) is 0 Å². The molecule has 0 unspecified atom stereocenters. The Hall–Kier alpha value is -2.37. The molecule has 2 amide bonds. The lowest BCUT2D eigenvalue weighted by Crippen LogP contribution is -2.44. The summed E-state index contributed by atoms with van der Waals surface area (Å²) in [6.07, 6.45) is 4.24. The molecule has 5 nitrogen and oxygen atoms in total. The van der Waals surface area contributed by atoms with Crippen LogP contribution in [0.3, 0.4) is 0 Å². The fourth-order valence-electron chi connectivity index (χ4n) is 5.08. The molecule has 30 heavy (non-hydrogen) atoms. The first-order valence-corrected chi connectivity index (χ1v) is 11.1. The molecule has 156 valence electrons. The molecule has 5 rings (SSSR count). The Balaban J connectivity index is 1.56. The van der Waals surface area contributed by atoms with Gasteiger partial charge in [-0.3, -0.25) is 19.3 Å². The zero-order valence-electron chi connectivity index (χ0n) is 17.0. The minimum absolute atomic E-state index is 0.00679. The van der Waals surface area contributed by atoms with E-state index in [9.17, 15) is 9.59 Å². The number of anilines is 1. The number of carbonyl (C=O) groups is 2. The summed E-state index contributed by atoms with van der Waals surface area (Å²) in [5, 5.41) is 2.28. The zero-order valence-corrected chi connectivity index (χ0v) is 17.7. The third-order valence-corrected chi connectivity index (χ3v) is 6.95. The number of fused-ring (bicyclic) bond motifs is 1. The van der Waals surface area contributed by atoms with Gasteiger partial charge in [-0.15, -0.1) is 0 Å². The van der Waals surface area contributed by atoms with E-state index >= 15 is 0 Å². The van der Waals surface area contributed by atoms with Crippen LogP contribution in [0.15, 0.2) is 48.5 Å². The van der Waals surface area contributed by atoms with Crippen LogP contribution in [0.4, 0.5) is 5.69 Å². The second-order valence-electron chi connectivity index (χ2n) is 8.52. The maximum Gasteiger partial charge on any atom is 0.262 e. The van der Waals surface area contributed by atoms with E-state index in [0.29, 0.717) is 5.02 Å². The summed E-state index contributed by atoms with van der Waals surface area (Å²) >= 11 is 6.55. The van der Waals surface area contributed by atoms with Gasteiger partial charge in [0.15, 0.2) is 6.10 Å². The maximum absolute atomic E-state index is 13.6. The lowest BCUT2D eigenvalue weighted by atomic mass is 9.90. The summed E-state index contributed by atoms with van der Waals surface area (Å²) in [4.78, 5) is 34.6. The Bertz CT molecular complexity index is 971. The van der Waals surface area contributed by atoms with Crippen LogP contribution in [0.1, 0.15) is 49.3 Å². The highest BCUT2D eigenvalue weighted by molar-refractivity contribution is 6.31. The van der Waals surface area contributed by atoms with E-state index in [1.165, 1.54) is 11.3 Å². The average Bonchev–Trinajstić information content (AvgIpc) is 3.26. The molecule has 3 aliphatic rings. The standard InChI is InChI=1S/C24H25ClN2O3/c1-15-11-13-17(14-12-15)27-21(18-9-5-6-10-19(18)25)20-22(30-27)24(29)26(23(20)28)16-7-3-2-4-8-16/h5-6,9-14,16,20-22H,2-4,7-8H2,1H3/t20-,21+,22+/m0/s1. The Labute approximate surface area is 181 Å². The van der Waals surface area contributed by atoms with Crippen molar-refractivity contribution in [3.63, 3.8) is 0 Å². The fourth-order valence-corrected chi connectivity index (χ4v) is 5.33. The van der Waals surface area contributed by atoms with Crippen LogP contribution < -0.4 is 5.06 Å². The van der Waals surface area contributed by atoms with Gasteiger partial charge in [-0.25, -0.2) is 5.06 Å². The number of halogens is 1. The van der Waals surface area contributed by atoms with Crippen LogP contribution in [0.2, 0.25) is 5.02 Å². The van der Waals surface area contributed by atoms with Crippen LogP contribution in [-0.2, 0) is 14.4 Å². The maximum atomic E-state index is 13.6. The van der Waals surface area contributed by atoms with Crippen LogP contribution in [0.25, 0.3) is 0 Å². The van der Waals surface area contributed by atoms with Crippen molar-refractivity contribution in [1.82, 2.24) is 4.90 Å². The van der Waals surface area contributed by atoms with Crippen molar-refractivity contribution in [3.8, 4) is 0 Å². The summed E-state index contributed by atoms with van der Waals surface area (Å²) in [6, 6.07) is 14.9. The van der Waals surface area contributed by atoms with Gasteiger partial charge in [-0.1, -0.05) is 66.8 Å². The Morgan fingerprint density at radius 3 is 2.33 bits per heavy atom. The highest BCUT2D eigenvalue weighted by atomic mass is 35.5. The number of hydroxylamine groups is 1. The van der Waals surface area contributed by atoms with E-state index in [0.717, 1.165) is 42.5 Å². The van der Waals surface area contributed by atoms with Crippen molar-refractivity contribution in [1.29, 1.82) is 0 Å². The van der Waals surface area contributed by atoms with Gasteiger partial charge in [0.05, 0.1) is 11.7 Å². The molecule has 3 atom stereocenters. The third kappa shape index (κ3) is 3.12. The molecule has 0 aromatic heterocycles. The smallest absolute Gasteiger partial charge is 0.262 e. The van der Waals surface area contributed by atoms with Crippen LogP contribution >= 0.6 is 11.6 Å². The first-order valence-electron chi connectivity index (χ1n) is 10.7. The van der Waals surface area contributed by atoms with E-state index in [1.807, 2.05) is 55.5 Å². The molecule has 0 radical (unpaired) electrons. The van der Waals surface area contributed by atoms with Gasteiger partial charge in [0.25, 0.3) is 5.91 Å². The number of likely N-dealkylation sites (tertiary alicyclic amines) is 1. The molecule has 2 heterocycles. The molecule has 2 aromatic carbocycles. The monoisotopic (exact) mass is 424 g/mol. The van der Waals surface area contributed by atoms with Crippen molar-refractivity contribution in [3.05, 3.63) is 64.7 Å². The number of carbonyl (C=O) groups excluding carboxylic acids is 2. The first-order chi connectivity index (χ1) is 14.6. The number of rotatable bonds is 3. The zero-order chi connectivity index (χ0) is 20.8. The van der Waals surface area contributed by atoms with Gasteiger partial charge in [0, 0.05) is 11.1 Å². The number of amides is 2. The summed E-state index contributed by atoms with van der Waals surface area (Å²) in [7, 11) is 0. The number of aryl methyl sites for hydroxylation is 1. The molecule has 1 aliphatic carbocycles. The summed E-state index contributed by atoms with van der Waals surface area (Å²) < 4.78 is 0. The largest absolute Gasteiger partial charge is 0.277 e. The second-order valence-corrected chi connectivity index (χ2v) is 8.93. The minimum Gasteiger partial charge on any atom is -0.277 e. The van der Waals surface area contributed by atoms with Crippen molar-refractivity contribution in [2.75, 3.05) is 5.06 Å². The number of hydrogen-bond donors (Lipinski definition) is 0. The van der Waals surface area contributed by atoms with E-state index < -0.39 is 18.1 Å². The van der Waals surface area contributed by atoms with Crippen molar-refractivity contribution < 1.29 is 14.4 Å². The van der Waals surface area contributed by atoms with Gasteiger partial charge < -0.3 is 0 Å². The number of hydrogen-bond acceptors (Lipinski definition) is 4. The highest BCUT2D eigenvalue weighted by Crippen LogP contribution is 2.49. The molecule has 1 saturated carbocycles. The van der Waals surface area contributed by atoms with Gasteiger partial charge in [-0.05, 0) is 43.5 Å². The number of nitrogens with zero attached hydrogens (tertiary/aromatic N) is 2. The predicted molar refractivity (Wildman–Crippen MR) is 115 cm³/mol. The van der Waals surface area contributed by atoms with E-state index in [4.69, 9.17) is 16.4 Å². The molecule has 0 bridgehead atoms. The number of imide groups is 1. The van der Waals surface area contributed by atoms with Crippen molar-refractivity contribution in [2.45, 2.75) is 57.2 Å². The Morgan fingerprint density at radius 1 is 0.933 bits per heavy atom. The lowest BCUT2D eigenvalue weighted by molar-refractivity contribution is -0.146. The first kappa shape index (κ1) is 19.6. The normalized spacial score (nSPS) is 27.1. The summed E-state index contributed by atoms with van der Waals surface area (Å²) in [5.74, 6) is -0.930. The Kier molecular flexibility index (Phi) is 5.03. The quantitative estimate of drug-likeness (QED) is 0.662. The molecule has 2 saturated heterocycles. The van der Waals surface area contributed by atoms with Crippen molar-refractivity contribution >= 4 is 29.1 Å². The summed E-state index contributed by atoms with van der Waals surface area (Å²) in [5.41, 5.74) is 2.74. The molecular formula is C24H25ClN2O3. The molecule has 0 spiro atoms. The molecule has 2 aromatic rings. The second kappa shape index (κ2) is 7.71. The van der Waals surface area contributed by atoms with Gasteiger partial charge in [0.1, 0.15) is 5.92 Å². The molecule has 6 heteroatoms. The Morgan fingerprint density at radius 2 is 1.63 bits per heavy atom. The molecular weight excluding hydrogens is 400 g/mol.